The Morgan fingerprint density at radius 3 is 1.38 bits per heavy atom. The van der Waals surface area contributed by atoms with Gasteiger partial charge in [-0.2, -0.15) is 0 Å². The quantitative estimate of drug-likeness (QED) is 0.557. The van der Waals surface area contributed by atoms with Gasteiger partial charge < -0.3 is 0 Å². The third-order valence-electron chi connectivity index (χ3n) is 4.11. The van der Waals surface area contributed by atoms with Crippen LogP contribution in [0.2, 0.25) is 0 Å². The van der Waals surface area contributed by atoms with Crippen molar-refractivity contribution < 1.29 is 4.79 Å². The van der Waals surface area contributed by atoms with E-state index < -0.39 is 0 Å². The van der Waals surface area contributed by atoms with E-state index in [-0.39, 0.29) is 20.3 Å². The van der Waals surface area contributed by atoms with Crippen molar-refractivity contribution in [2.24, 2.45) is 10.8 Å². The lowest BCUT2D eigenvalue weighted by Gasteiger charge is -2.57. The third kappa shape index (κ3) is 0.652. The van der Waals surface area contributed by atoms with Crippen molar-refractivity contribution >= 4 is 17.5 Å². The summed E-state index contributed by atoms with van der Waals surface area (Å²) in [6, 6.07) is 0. The van der Waals surface area contributed by atoms with Crippen molar-refractivity contribution in [2.45, 2.75) is 51.0 Å². The van der Waals surface area contributed by atoms with Gasteiger partial charge in [0.05, 0.1) is 4.75 Å². The summed E-state index contributed by atoms with van der Waals surface area (Å²) in [7, 11) is 0. The van der Waals surface area contributed by atoms with Gasteiger partial charge >= 0.3 is 0 Å². The lowest BCUT2D eigenvalue weighted by molar-refractivity contribution is -0.158. The van der Waals surface area contributed by atoms with Gasteiger partial charge in [-0.05, 0) is 13.8 Å². The van der Waals surface area contributed by atoms with Crippen molar-refractivity contribution in [1.29, 1.82) is 0 Å². The molecule has 1 aliphatic carbocycles. The smallest absolute Gasteiger partial charge is 0.147 e. The molecular formula is C11H18OS. The molecule has 0 radical (unpaired) electrons. The summed E-state index contributed by atoms with van der Waals surface area (Å²) in [6.45, 7) is 12.9. The van der Waals surface area contributed by atoms with E-state index in [9.17, 15) is 4.79 Å². The number of carbonyl (C=O) groups is 1. The van der Waals surface area contributed by atoms with Gasteiger partial charge in [-0.3, -0.25) is 4.79 Å². The first-order chi connectivity index (χ1) is 5.61. The number of hydrogen-bond donors (Lipinski definition) is 0. The van der Waals surface area contributed by atoms with Gasteiger partial charge in [-0.15, -0.1) is 11.8 Å². The highest BCUT2D eigenvalue weighted by Gasteiger charge is 2.86. The molecule has 0 atom stereocenters. The van der Waals surface area contributed by atoms with E-state index >= 15 is 0 Å². The van der Waals surface area contributed by atoms with Gasteiger partial charge in [-0.25, -0.2) is 0 Å². The fraction of sp³-hybridized carbons (Fsp3) is 0.909. The highest BCUT2D eigenvalue weighted by Crippen LogP contribution is 2.84. The molecule has 0 aromatic rings. The number of ketones is 1. The number of thioether (sulfide) groups is 1. The van der Waals surface area contributed by atoms with Crippen molar-refractivity contribution in [2.75, 3.05) is 0 Å². The van der Waals surface area contributed by atoms with E-state index in [1.54, 1.807) is 0 Å². The first-order valence-electron chi connectivity index (χ1n) is 4.86. The molecule has 2 aliphatic rings. The Balaban J connectivity index is 2.47. The predicted octanol–water partition coefficient (Wildman–Crippen LogP) is 2.89. The maximum absolute atomic E-state index is 11.9. The second-order valence-corrected chi connectivity index (χ2v) is 7.71. The topological polar surface area (TPSA) is 17.1 Å². The van der Waals surface area contributed by atoms with Crippen LogP contribution in [-0.4, -0.2) is 15.3 Å². The number of rotatable bonds is 0. The number of carbonyl (C=O) groups excluding carboxylic acids is 1. The van der Waals surface area contributed by atoms with E-state index in [4.69, 9.17) is 0 Å². The highest BCUT2D eigenvalue weighted by atomic mass is 32.2. The zero-order valence-corrected chi connectivity index (χ0v) is 10.1. The van der Waals surface area contributed by atoms with Crippen LogP contribution in [0.15, 0.2) is 0 Å². The van der Waals surface area contributed by atoms with Crippen LogP contribution in [0, 0.1) is 10.8 Å². The first kappa shape index (κ1) is 9.57. The van der Waals surface area contributed by atoms with Crippen molar-refractivity contribution in [3.63, 3.8) is 0 Å². The SMILES string of the molecule is CC1(C)SC12C(C)(C)C(=O)C2(C)C. The number of Topliss-reactive ketones (excluding diaryl/α,β-unsaturated/α-hetero) is 1. The van der Waals surface area contributed by atoms with Crippen molar-refractivity contribution in [1.82, 2.24) is 0 Å². The Bertz CT molecular complexity index is 281. The minimum absolute atomic E-state index is 0.120. The Morgan fingerprint density at radius 2 is 1.23 bits per heavy atom. The minimum atomic E-state index is -0.120. The predicted molar refractivity (Wildman–Crippen MR) is 57.0 cm³/mol. The van der Waals surface area contributed by atoms with E-state index in [0.29, 0.717) is 5.78 Å². The molecule has 0 N–H and O–H groups in total. The Kier molecular flexibility index (Phi) is 1.37. The molecular weight excluding hydrogens is 180 g/mol. The average Bonchev–Trinajstić information content (AvgIpc) is 2.55. The van der Waals surface area contributed by atoms with Crippen LogP contribution >= 0.6 is 11.8 Å². The summed E-state index contributed by atoms with van der Waals surface area (Å²) in [5, 5.41) is 0. The van der Waals surface area contributed by atoms with Crippen LogP contribution < -0.4 is 0 Å². The fourth-order valence-electron chi connectivity index (χ4n) is 3.94. The van der Waals surface area contributed by atoms with Crippen molar-refractivity contribution in [3.05, 3.63) is 0 Å². The molecule has 1 saturated heterocycles. The molecule has 1 spiro atoms. The molecule has 0 aromatic heterocycles. The summed E-state index contributed by atoms with van der Waals surface area (Å²) >= 11 is 1.98. The van der Waals surface area contributed by atoms with Gasteiger partial charge in [0.25, 0.3) is 0 Å². The normalized spacial score (nSPS) is 35.7. The van der Waals surface area contributed by atoms with Gasteiger partial charge in [-0.1, -0.05) is 27.7 Å². The second-order valence-electron chi connectivity index (χ2n) is 5.87. The summed E-state index contributed by atoms with van der Waals surface area (Å²) in [4.78, 5) is 11.9. The third-order valence-corrected chi connectivity index (χ3v) is 6.56. The molecule has 1 aliphatic heterocycles. The molecule has 1 nitrogen and oxygen atoms in total. The maximum Gasteiger partial charge on any atom is 0.147 e. The molecule has 1 heterocycles. The Morgan fingerprint density at radius 1 is 0.923 bits per heavy atom. The van der Waals surface area contributed by atoms with Crippen LogP contribution in [0.3, 0.4) is 0 Å². The molecule has 0 bridgehead atoms. The lowest BCUT2D eigenvalue weighted by Crippen LogP contribution is -2.69. The molecule has 2 fully saturated rings. The summed E-state index contributed by atoms with van der Waals surface area (Å²) in [5.74, 6) is 0.429. The van der Waals surface area contributed by atoms with Crippen LogP contribution in [0.4, 0.5) is 0 Å². The molecule has 2 heteroatoms. The van der Waals surface area contributed by atoms with Crippen LogP contribution in [0.5, 0.6) is 0 Å². The maximum atomic E-state index is 11.9. The largest absolute Gasteiger partial charge is 0.298 e. The van der Waals surface area contributed by atoms with Gasteiger partial charge in [0, 0.05) is 15.6 Å². The second kappa shape index (κ2) is 1.86. The molecule has 0 amide bonds. The summed E-state index contributed by atoms with van der Waals surface area (Å²) < 4.78 is 0.484. The van der Waals surface area contributed by atoms with Gasteiger partial charge in [0.15, 0.2) is 0 Å². The zero-order valence-electron chi connectivity index (χ0n) is 9.32. The molecule has 0 unspecified atom stereocenters. The van der Waals surface area contributed by atoms with E-state index in [2.05, 4.69) is 41.5 Å². The average molecular weight is 198 g/mol. The Labute approximate surface area is 84.7 Å². The van der Waals surface area contributed by atoms with E-state index in [1.165, 1.54) is 0 Å². The van der Waals surface area contributed by atoms with Crippen LogP contribution in [0.25, 0.3) is 0 Å². The van der Waals surface area contributed by atoms with Crippen molar-refractivity contribution in [3.8, 4) is 0 Å². The molecule has 74 valence electrons. The van der Waals surface area contributed by atoms with Crippen LogP contribution in [0.1, 0.15) is 41.5 Å². The zero-order chi connectivity index (χ0) is 10.3. The molecule has 0 aromatic carbocycles. The van der Waals surface area contributed by atoms with Gasteiger partial charge in [0.2, 0.25) is 0 Å². The minimum Gasteiger partial charge on any atom is -0.298 e. The fourth-order valence-corrected chi connectivity index (χ4v) is 5.86. The van der Waals surface area contributed by atoms with E-state index in [1.807, 2.05) is 11.8 Å². The highest BCUT2D eigenvalue weighted by molar-refractivity contribution is 8.10. The van der Waals surface area contributed by atoms with Gasteiger partial charge in [0.1, 0.15) is 5.78 Å². The monoisotopic (exact) mass is 198 g/mol. The lowest BCUT2D eigenvalue weighted by atomic mass is 9.44. The standard InChI is InChI=1S/C11H18OS/c1-8(2)7(12)9(3,4)11(8)10(5,6)13-11/h1-6H3. The molecule has 13 heavy (non-hydrogen) atoms. The summed E-state index contributed by atoms with van der Waals surface area (Å²) in [6.07, 6.45) is 0. The molecule has 2 rings (SSSR count). The van der Waals surface area contributed by atoms with Crippen LogP contribution in [-0.2, 0) is 4.79 Å². The molecule has 1 saturated carbocycles. The summed E-state index contributed by atoms with van der Waals surface area (Å²) in [5.41, 5.74) is -0.241. The van der Waals surface area contributed by atoms with E-state index in [0.717, 1.165) is 0 Å². The Hall–Kier alpha value is 0.0200. The first-order valence-corrected chi connectivity index (χ1v) is 5.68. The number of hydrogen-bond acceptors (Lipinski definition) is 2.